The minimum atomic E-state index is -3.76. The van der Waals surface area contributed by atoms with Crippen LogP contribution in [0.25, 0.3) is 0 Å². The Morgan fingerprint density at radius 2 is 1.30 bits per heavy atom. The first-order chi connectivity index (χ1) is 19.6. The largest absolute Gasteiger partial charge is 0.369 e. The van der Waals surface area contributed by atoms with Crippen molar-refractivity contribution >= 4 is 74.8 Å². The molecule has 1 aromatic carbocycles. The van der Waals surface area contributed by atoms with Crippen LogP contribution in [-0.4, -0.2) is 75.2 Å². The van der Waals surface area contributed by atoms with Crippen LogP contribution in [0.5, 0.6) is 0 Å². The summed E-state index contributed by atoms with van der Waals surface area (Å²) < 4.78 is 49.2. The SMILES string of the molecule is CCOP(=O)(OCC)C(CCCCCNC(=O)[C@@H](N)Cc1ccc(N(CCCl)CCCl)cc1)P(=O)(OCC)OCC.Cl.Cl. The van der Waals surface area contributed by atoms with Gasteiger partial charge in [-0.2, -0.15) is 0 Å². The molecule has 0 heterocycles. The number of nitrogens with two attached hydrogens (primary N) is 1. The first-order valence-electron chi connectivity index (χ1n) is 14.4. The van der Waals surface area contributed by atoms with Crippen LogP contribution < -0.4 is 16.0 Å². The van der Waals surface area contributed by atoms with Gasteiger partial charge in [-0.1, -0.05) is 25.0 Å². The van der Waals surface area contributed by atoms with Gasteiger partial charge in [0.25, 0.3) is 0 Å². The molecule has 0 aromatic heterocycles. The Hall–Kier alpha value is -0.0900. The monoisotopic (exact) mass is 731 g/mol. The Balaban J connectivity index is 0. The highest BCUT2D eigenvalue weighted by atomic mass is 35.5. The maximum atomic E-state index is 13.6. The molecule has 16 heteroatoms. The van der Waals surface area contributed by atoms with Gasteiger partial charge in [-0.05, 0) is 64.7 Å². The zero-order chi connectivity index (χ0) is 30.7. The van der Waals surface area contributed by atoms with Crippen LogP contribution in [0.2, 0.25) is 0 Å². The van der Waals surface area contributed by atoms with E-state index in [0.717, 1.165) is 11.3 Å². The van der Waals surface area contributed by atoms with Crippen LogP contribution in [0.15, 0.2) is 24.3 Å². The summed E-state index contributed by atoms with van der Waals surface area (Å²) >= 11 is 11.8. The molecule has 0 fully saturated rings. The van der Waals surface area contributed by atoms with Gasteiger partial charge in [-0.15, -0.1) is 48.0 Å². The van der Waals surface area contributed by atoms with Crippen molar-refractivity contribution in [1.82, 2.24) is 5.32 Å². The van der Waals surface area contributed by atoms with Gasteiger partial charge in [-0.25, -0.2) is 0 Å². The predicted molar refractivity (Wildman–Crippen MR) is 183 cm³/mol. The molecule has 0 spiro atoms. The lowest BCUT2D eigenvalue weighted by Gasteiger charge is -2.31. The molecule has 10 nitrogen and oxygen atoms in total. The van der Waals surface area contributed by atoms with E-state index in [1.54, 1.807) is 27.7 Å². The molecule has 0 aliphatic rings. The van der Waals surface area contributed by atoms with Crippen molar-refractivity contribution in [2.24, 2.45) is 5.73 Å². The Morgan fingerprint density at radius 1 is 0.837 bits per heavy atom. The highest BCUT2D eigenvalue weighted by Crippen LogP contribution is 2.71. The smallest absolute Gasteiger partial charge is 0.345 e. The number of benzene rings is 1. The summed E-state index contributed by atoms with van der Waals surface area (Å²) in [6.45, 7) is 9.23. The van der Waals surface area contributed by atoms with Crippen molar-refractivity contribution in [3.63, 3.8) is 0 Å². The first-order valence-corrected chi connectivity index (χ1v) is 18.7. The Kier molecular flexibility index (Phi) is 26.2. The van der Waals surface area contributed by atoms with E-state index < -0.39 is 26.6 Å². The number of anilines is 1. The fourth-order valence-corrected chi connectivity index (χ4v) is 10.2. The van der Waals surface area contributed by atoms with Gasteiger partial charge in [0.2, 0.25) is 5.91 Å². The number of rotatable bonds is 24. The van der Waals surface area contributed by atoms with Crippen LogP contribution in [0.1, 0.15) is 58.9 Å². The topological polar surface area (TPSA) is 129 Å². The number of alkyl halides is 2. The molecule has 3 N–H and O–H groups in total. The number of nitrogens with zero attached hydrogens (tertiary/aromatic N) is 1. The normalized spacial score (nSPS) is 12.4. The summed E-state index contributed by atoms with van der Waals surface area (Å²) in [6.07, 6.45) is 2.60. The molecule has 1 rings (SSSR count). The zero-order valence-electron chi connectivity index (χ0n) is 25.7. The van der Waals surface area contributed by atoms with Gasteiger partial charge in [0.1, 0.15) is 0 Å². The number of carbonyl (C=O) groups is 1. The minimum Gasteiger partial charge on any atom is -0.369 e. The molecule has 0 bridgehead atoms. The molecule has 0 radical (unpaired) electrons. The lowest BCUT2D eigenvalue weighted by molar-refractivity contribution is -0.122. The second-order valence-electron chi connectivity index (χ2n) is 9.21. The Morgan fingerprint density at radius 3 is 1.72 bits per heavy atom. The molecule has 1 amide bonds. The molecule has 0 unspecified atom stereocenters. The lowest BCUT2D eigenvalue weighted by Crippen LogP contribution is -2.42. The van der Waals surface area contributed by atoms with Gasteiger partial charge in [0.15, 0.2) is 5.40 Å². The van der Waals surface area contributed by atoms with E-state index in [1.807, 2.05) is 24.3 Å². The molecule has 43 heavy (non-hydrogen) atoms. The van der Waals surface area contributed by atoms with E-state index in [0.29, 0.717) is 57.1 Å². The number of halogens is 4. The van der Waals surface area contributed by atoms with Gasteiger partial charge >= 0.3 is 15.2 Å². The van der Waals surface area contributed by atoms with Crippen LogP contribution >= 0.6 is 63.2 Å². The van der Waals surface area contributed by atoms with Gasteiger partial charge in [0, 0.05) is 37.1 Å². The second-order valence-corrected chi connectivity index (χ2v) is 14.8. The summed E-state index contributed by atoms with van der Waals surface area (Å²) in [5.41, 5.74) is 8.14. The minimum absolute atomic E-state index is 0. The zero-order valence-corrected chi connectivity index (χ0v) is 30.6. The summed E-state index contributed by atoms with van der Waals surface area (Å²) in [5, 5.41) is 1.86. The number of nitrogens with one attached hydrogen (secondary N) is 1. The van der Waals surface area contributed by atoms with Gasteiger partial charge < -0.3 is 34.0 Å². The average molecular weight is 733 g/mol. The summed E-state index contributed by atoms with van der Waals surface area (Å²) in [6, 6.07) is 7.21. The number of carbonyl (C=O) groups excluding carboxylic acids is 1. The summed E-state index contributed by atoms with van der Waals surface area (Å²) in [7, 11) is -7.52. The standard InChI is InChI=1S/C27H49Cl2N3O7P2.2ClH/c1-5-36-40(34,37-6-2)26(41(35,38-7-3)39-8-4)12-10-9-11-19-31-27(33)25(30)22-23-13-15-24(16-14-23)32(20-17-28)21-18-29;;/h13-16,25-26H,5-12,17-22,30H2,1-4H3,(H,31,33);2*1H/t25-;;/m0../s1. The van der Waals surface area contributed by atoms with Crippen LogP contribution in [-0.2, 0) is 38.4 Å². The molecule has 0 saturated carbocycles. The number of hydrogen-bond donors (Lipinski definition) is 2. The van der Waals surface area contributed by atoms with Crippen molar-refractivity contribution < 1.29 is 32.0 Å². The van der Waals surface area contributed by atoms with E-state index in [2.05, 4.69) is 10.2 Å². The quantitative estimate of drug-likeness (QED) is 0.0643. The van der Waals surface area contributed by atoms with Crippen molar-refractivity contribution in [3.8, 4) is 0 Å². The van der Waals surface area contributed by atoms with E-state index in [4.69, 9.17) is 47.0 Å². The molecular formula is C27H51Cl4N3O7P2. The lowest BCUT2D eigenvalue weighted by atomic mass is 10.1. The van der Waals surface area contributed by atoms with Crippen molar-refractivity contribution in [1.29, 1.82) is 0 Å². The average Bonchev–Trinajstić information content (AvgIpc) is 2.93. The molecule has 0 aliphatic carbocycles. The Labute approximate surface area is 280 Å². The fraction of sp³-hybridized carbons (Fsp3) is 0.741. The third-order valence-electron chi connectivity index (χ3n) is 6.21. The fourth-order valence-electron chi connectivity index (χ4n) is 4.36. The van der Waals surface area contributed by atoms with Crippen LogP contribution in [0.4, 0.5) is 5.69 Å². The summed E-state index contributed by atoms with van der Waals surface area (Å²) in [5.74, 6) is 0.784. The second kappa shape index (κ2) is 25.1. The van der Waals surface area contributed by atoms with Crippen molar-refractivity contribution in [2.45, 2.75) is 71.2 Å². The van der Waals surface area contributed by atoms with E-state index in [1.165, 1.54) is 0 Å². The molecular weight excluding hydrogens is 682 g/mol. The van der Waals surface area contributed by atoms with E-state index in [-0.39, 0.29) is 63.6 Å². The van der Waals surface area contributed by atoms with E-state index >= 15 is 0 Å². The number of hydrogen-bond acceptors (Lipinski definition) is 9. The van der Waals surface area contributed by atoms with Crippen molar-refractivity contribution in [3.05, 3.63) is 29.8 Å². The molecule has 254 valence electrons. The maximum absolute atomic E-state index is 13.6. The predicted octanol–water partition coefficient (Wildman–Crippen LogP) is 7.22. The molecule has 1 aromatic rings. The highest BCUT2D eigenvalue weighted by Gasteiger charge is 2.50. The van der Waals surface area contributed by atoms with Gasteiger partial charge in [-0.3, -0.25) is 13.9 Å². The maximum Gasteiger partial charge on any atom is 0.345 e. The number of amides is 1. The highest BCUT2D eigenvalue weighted by molar-refractivity contribution is 7.72. The van der Waals surface area contributed by atoms with Crippen molar-refractivity contribution in [2.75, 3.05) is 62.7 Å². The first kappa shape index (κ1) is 45.0. The van der Waals surface area contributed by atoms with Crippen LogP contribution in [0, 0.1) is 0 Å². The molecule has 0 saturated heterocycles. The van der Waals surface area contributed by atoms with Crippen LogP contribution in [0.3, 0.4) is 0 Å². The van der Waals surface area contributed by atoms with E-state index in [9.17, 15) is 13.9 Å². The van der Waals surface area contributed by atoms with Gasteiger partial charge in [0.05, 0.1) is 32.5 Å². The Bertz CT molecular complexity index is 911. The third kappa shape index (κ3) is 15.8. The molecule has 0 aliphatic heterocycles. The third-order valence-corrected chi connectivity index (χ3v) is 12.7. The molecule has 1 atom stereocenters. The summed E-state index contributed by atoms with van der Waals surface area (Å²) in [4.78, 5) is 14.7. The number of unbranched alkanes of at least 4 members (excludes halogenated alkanes) is 2.